The van der Waals surface area contributed by atoms with Crippen molar-refractivity contribution >= 4 is 11.9 Å². The molecule has 6 nitrogen and oxygen atoms in total. The Morgan fingerprint density at radius 3 is 1.47 bits per heavy atom. The van der Waals surface area contributed by atoms with E-state index in [0.717, 1.165) is 38.5 Å². The summed E-state index contributed by atoms with van der Waals surface area (Å²) in [5, 5.41) is 0. The number of carbonyl (C=O) groups excluding carboxylic acids is 2. The third-order valence-corrected chi connectivity index (χ3v) is 4.73. The first kappa shape index (κ1) is 26.1. The number of hydrogen-bond donors (Lipinski definition) is 0. The van der Waals surface area contributed by atoms with Crippen molar-refractivity contribution < 1.29 is 28.5 Å². The second kappa shape index (κ2) is 15.9. The minimum absolute atomic E-state index is 0.136. The van der Waals surface area contributed by atoms with Gasteiger partial charge in [-0.25, -0.2) is 9.59 Å². The topological polar surface area (TPSA) is 71.1 Å². The van der Waals surface area contributed by atoms with Crippen molar-refractivity contribution in [3.63, 3.8) is 0 Å². The van der Waals surface area contributed by atoms with E-state index in [2.05, 4.69) is 13.8 Å². The van der Waals surface area contributed by atoms with Crippen LogP contribution in [0.25, 0.3) is 0 Å². The van der Waals surface area contributed by atoms with Gasteiger partial charge in [-0.15, -0.1) is 0 Å². The summed E-state index contributed by atoms with van der Waals surface area (Å²) < 4.78 is 22.2. The minimum Gasteiger partial charge on any atom is -0.459 e. The Kier molecular flexibility index (Phi) is 13.8. The Morgan fingerprint density at radius 2 is 1.13 bits per heavy atom. The molecule has 0 radical (unpaired) electrons. The average molecular weight is 423 g/mol. The van der Waals surface area contributed by atoms with Crippen LogP contribution in [0.2, 0.25) is 0 Å². The maximum Gasteiger partial charge on any atom is 0.339 e. The zero-order chi connectivity index (χ0) is 22.2. The molecule has 0 aliphatic rings. The summed E-state index contributed by atoms with van der Waals surface area (Å²) in [7, 11) is 0. The zero-order valence-electron chi connectivity index (χ0n) is 19.0. The monoisotopic (exact) mass is 422 g/mol. The number of carbonyl (C=O) groups is 2. The molecule has 0 aliphatic heterocycles. The maximum absolute atomic E-state index is 12.6. The molecule has 0 bridgehead atoms. The van der Waals surface area contributed by atoms with Gasteiger partial charge in [0.1, 0.15) is 13.2 Å². The van der Waals surface area contributed by atoms with Crippen molar-refractivity contribution in [1.82, 2.24) is 0 Å². The van der Waals surface area contributed by atoms with Crippen molar-refractivity contribution in [2.75, 3.05) is 26.4 Å². The van der Waals surface area contributed by atoms with Gasteiger partial charge in [0, 0.05) is 13.2 Å². The summed E-state index contributed by atoms with van der Waals surface area (Å²) in [6.07, 6.45) is 5.50. The van der Waals surface area contributed by atoms with Gasteiger partial charge in [-0.05, 0) is 38.8 Å². The fourth-order valence-electron chi connectivity index (χ4n) is 3.10. The van der Waals surface area contributed by atoms with Crippen LogP contribution in [0.3, 0.4) is 0 Å². The van der Waals surface area contributed by atoms with Gasteiger partial charge in [-0.1, -0.05) is 51.7 Å². The smallest absolute Gasteiger partial charge is 0.339 e. The average Bonchev–Trinajstić information content (AvgIpc) is 2.77. The Bertz CT molecular complexity index is 562. The van der Waals surface area contributed by atoms with Gasteiger partial charge in [0.15, 0.2) is 0 Å². The van der Waals surface area contributed by atoms with E-state index in [4.69, 9.17) is 18.9 Å². The predicted molar refractivity (Wildman–Crippen MR) is 117 cm³/mol. The molecule has 0 saturated carbocycles. The van der Waals surface area contributed by atoms with Gasteiger partial charge in [0.05, 0.1) is 23.3 Å². The summed E-state index contributed by atoms with van der Waals surface area (Å²) in [6.45, 7) is 9.51. The lowest BCUT2D eigenvalue weighted by Gasteiger charge is -2.18. The molecule has 0 saturated heterocycles. The molecule has 0 fully saturated rings. The molecule has 0 aromatic heterocycles. The van der Waals surface area contributed by atoms with Gasteiger partial charge in [0.2, 0.25) is 0 Å². The molecule has 2 atom stereocenters. The third-order valence-electron chi connectivity index (χ3n) is 4.73. The molecule has 0 aliphatic carbocycles. The Balaban J connectivity index is 2.72. The van der Waals surface area contributed by atoms with E-state index in [1.807, 2.05) is 13.8 Å². The van der Waals surface area contributed by atoms with Crippen molar-refractivity contribution in [2.24, 2.45) is 0 Å². The molecule has 2 unspecified atom stereocenters. The Morgan fingerprint density at radius 1 is 0.733 bits per heavy atom. The number of unbranched alkanes of at least 4 members (excludes halogenated alkanes) is 2. The number of esters is 2. The molecule has 1 aromatic carbocycles. The zero-order valence-corrected chi connectivity index (χ0v) is 19.0. The van der Waals surface area contributed by atoms with E-state index in [1.165, 1.54) is 0 Å². The van der Waals surface area contributed by atoms with E-state index in [0.29, 0.717) is 13.2 Å². The fraction of sp³-hybridized carbons (Fsp3) is 0.667. The molecule has 0 heterocycles. The van der Waals surface area contributed by atoms with Crippen LogP contribution in [0, 0.1) is 0 Å². The van der Waals surface area contributed by atoms with Crippen molar-refractivity contribution in [2.45, 2.75) is 78.4 Å². The van der Waals surface area contributed by atoms with E-state index >= 15 is 0 Å². The number of rotatable bonds is 16. The highest BCUT2D eigenvalue weighted by Gasteiger charge is 2.21. The van der Waals surface area contributed by atoms with Gasteiger partial charge in [-0.3, -0.25) is 0 Å². The molecule has 0 amide bonds. The lowest BCUT2D eigenvalue weighted by Crippen LogP contribution is -2.25. The first-order chi connectivity index (χ1) is 14.6. The molecule has 170 valence electrons. The quantitative estimate of drug-likeness (QED) is 0.341. The van der Waals surface area contributed by atoms with Crippen LogP contribution < -0.4 is 0 Å². The Hall–Kier alpha value is -1.92. The molecule has 6 heteroatoms. The lowest BCUT2D eigenvalue weighted by atomic mass is 10.1. The molecular weight excluding hydrogens is 384 g/mol. The summed E-state index contributed by atoms with van der Waals surface area (Å²) in [4.78, 5) is 25.2. The van der Waals surface area contributed by atoms with Gasteiger partial charge in [0.25, 0.3) is 0 Å². The standard InChI is InChI=1S/C24H38O6/c1-5-9-13-19(27-7-3)17-29-23(25)21-15-11-12-16-22(21)24(26)30-18-20(28-8-4)14-10-6-2/h11-12,15-16,19-20H,5-10,13-14,17-18H2,1-4H3. The lowest BCUT2D eigenvalue weighted by molar-refractivity contribution is -0.0101. The normalized spacial score (nSPS) is 12.9. The summed E-state index contributed by atoms with van der Waals surface area (Å²) in [6, 6.07) is 6.57. The highest BCUT2D eigenvalue weighted by atomic mass is 16.6. The highest BCUT2D eigenvalue weighted by molar-refractivity contribution is 6.03. The van der Waals surface area contributed by atoms with Gasteiger partial charge in [-0.2, -0.15) is 0 Å². The van der Waals surface area contributed by atoms with Crippen LogP contribution in [0.5, 0.6) is 0 Å². The molecule has 30 heavy (non-hydrogen) atoms. The van der Waals surface area contributed by atoms with Crippen molar-refractivity contribution in [1.29, 1.82) is 0 Å². The molecular formula is C24H38O6. The van der Waals surface area contributed by atoms with Gasteiger partial charge >= 0.3 is 11.9 Å². The highest BCUT2D eigenvalue weighted by Crippen LogP contribution is 2.15. The third kappa shape index (κ3) is 9.72. The van der Waals surface area contributed by atoms with E-state index in [-0.39, 0.29) is 36.5 Å². The fourth-order valence-corrected chi connectivity index (χ4v) is 3.10. The molecule has 1 rings (SSSR count). The molecule has 1 aromatic rings. The predicted octanol–water partition coefficient (Wildman–Crippen LogP) is 5.19. The second-order valence-electron chi connectivity index (χ2n) is 7.18. The van der Waals surface area contributed by atoms with E-state index in [1.54, 1.807) is 24.3 Å². The second-order valence-corrected chi connectivity index (χ2v) is 7.18. The van der Waals surface area contributed by atoms with Crippen LogP contribution in [-0.2, 0) is 18.9 Å². The van der Waals surface area contributed by atoms with Crippen LogP contribution in [0.15, 0.2) is 24.3 Å². The van der Waals surface area contributed by atoms with Crippen LogP contribution in [-0.4, -0.2) is 50.6 Å². The first-order valence-corrected chi connectivity index (χ1v) is 11.2. The van der Waals surface area contributed by atoms with Crippen LogP contribution in [0.4, 0.5) is 0 Å². The summed E-state index contributed by atoms with van der Waals surface area (Å²) >= 11 is 0. The molecule has 0 spiro atoms. The SMILES string of the molecule is CCCCC(COC(=O)c1ccccc1C(=O)OCC(CCCC)OCC)OCC. The number of benzene rings is 1. The minimum atomic E-state index is -0.545. The Labute approximate surface area is 181 Å². The van der Waals surface area contributed by atoms with E-state index in [9.17, 15) is 9.59 Å². The summed E-state index contributed by atoms with van der Waals surface area (Å²) in [5.74, 6) is -1.09. The summed E-state index contributed by atoms with van der Waals surface area (Å²) in [5.41, 5.74) is 0.407. The van der Waals surface area contributed by atoms with Crippen molar-refractivity contribution in [3.8, 4) is 0 Å². The number of hydrogen-bond acceptors (Lipinski definition) is 6. The van der Waals surface area contributed by atoms with Crippen molar-refractivity contribution in [3.05, 3.63) is 35.4 Å². The first-order valence-electron chi connectivity index (χ1n) is 11.2. The number of ether oxygens (including phenoxy) is 4. The van der Waals surface area contributed by atoms with Crippen LogP contribution >= 0.6 is 0 Å². The van der Waals surface area contributed by atoms with Gasteiger partial charge < -0.3 is 18.9 Å². The van der Waals surface area contributed by atoms with E-state index < -0.39 is 11.9 Å². The maximum atomic E-state index is 12.6. The largest absolute Gasteiger partial charge is 0.459 e. The van der Waals surface area contributed by atoms with Crippen LogP contribution in [0.1, 0.15) is 86.9 Å². The molecule has 0 N–H and O–H groups in total.